The van der Waals surface area contributed by atoms with Gasteiger partial charge in [0.15, 0.2) is 6.23 Å². The molecule has 7 nitrogen and oxygen atoms in total. The van der Waals surface area contributed by atoms with E-state index < -0.39 is 17.3 Å². The summed E-state index contributed by atoms with van der Waals surface area (Å²) in [5.74, 6) is 0. The summed E-state index contributed by atoms with van der Waals surface area (Å²) >= 11 is 0. The zero-order chi connectivity index (χ0) is 11.8. The van der Waals surface area contributed by atoms with Crippen LogP contribution in [0, 0.1) is 6.33 Å². The number of aromatic amines is 1. The van der Waals surface area contributed by atoms with Gasteiger partial charge in [0.1, 0.15) is 0 Å². The lowest BCUT2D eigenvalue weighted by Gasteiger charge is -2.34. The molecule has 0 spiro atoms. The van der Waals surface area contributed by atoms with Crippen LogP contribution in [0.15, 0.2) is 9.59 Å². The van der Waals surface area contributed by atoms with Crippen molar-refractivity contribution in [2.45, 2.75) is 25.7 Å². The number of aromatic nitrogens is 3. The van der Waals surface area contributed by atoms with Gasteiger partial charge in [-0.25, -0.2) is 5.10 Å². The van der Waals surface area contributed by atoms with Gasteiger partial charge in [-0.2, -0.15) is 0 Å². The molecule has 0 aromatic carbocycles. The van der Waals surface area contributed by atoms with Gasteiger partial charge < -0.3 is 9.47 Å². The van der Waals surface area contributed by atoms with Crippen LogP contribution in [0.4, 0.5) is 0 Å². The van der Waals surface area contributed by atoms with Crippen molar-refractivity contribution >= 4 is 0 Å². The monoisotopic (exact) mass is 226 g/mol. The van der Waals surface area contributed by atoms with Crippen LogP contribution >= 0.6 is 0 Å². The van der Waals surface area contributed by atoms with Gasteiger partial charge in [-0.3, -0.25) is 14.2 Å². The van der Waals surface area contributed by atoms with Gasteiger partial charge in [-0.1, -0.05) is 0 Å². The van der Waals surface area contributed by atoms with E-state index in [-0.39, 0.29) is 12.2 Å². The molecule has 87 valence electrons. The Morgan fingerprint density at radius 3 is 2.94 bits per heavy atom. The highest BCUT2D eigenvalue weighted by molar-refractivity contribution is 4.79. The second-order valence-corrected chi connectivity index (χ2v) is 4.16. The highest BCUT2D eigenvalue weighted by Gasteiger charge is 2.30. The fourth-order valence-electron chi connectivity index (χ4n) is 1.36. The Morgan fingerprint density at radius 1 is 1.56 bits per heavy atom. The minimum Gasteiger partial charge on any atom is -0.368 e. The van der Waals surface area contributed by atoms with Gasteiger partial charge in [-0.15, -0.1) is 5.10 Å². The summed E-state index contributed by atoms with van der Waals surface area (Å²) in [7, 11) is 0. The first kappa shape index (κ1) is 11.0. The van der Waals surface area contributed by atoms with Crippen LogP contribution in [-0.4, -0.2) is 33.6 Å². The molecule has 1 unspecified atom stereocenters. The molecule has 1 aliphatic heterocycles. The lowest BCUT2D eigenvalue weighted by atomic mass is 10.1. The van der Waals surface area contributed by atoms with Crippen LogP contribution in [0.25, 0.3) is 0 Å². The number of rotatable bonds is 1. The van der Waals surface area contributed by atoms with E-state index in [9.17, 15) is 9.59 Å². The minimum atomic E-state index is -0.799. The van der Waals surface area contributed by atoms with E-state index in [1.165, 1.54) is 0 Å². The van der Waals surface area contributed by atoms with Gasteiger partial charge in [0.2, 0.25) is 6.33 Å². The van der Waals surface area contributed by atoms with E-state index in [1.807, 2.05) is 18.9 Å². The third-order valence-corrected chi connectivity index (χ3v) is 2.26. The third kappa shape index (κ3) is 2.05. The van der Waals surface area contributed by atoms with Crippen molar-refractivity contribution in [1.29, 1.82) is 0 Å². The summed E-state index contributed by atoms with van der Waals surface area (Å²) in [5, 5.41) is 5.43. The van der Waals surface area contributed by atoms with Crippen molar-refractivity contribution in [3.8, 4) is 0 Å². The van der Waals surface area contributed by atoms with Crippen molar-refractivity contribution < 1.29 is 9.47 Å². The Kier molecular flexibility index (Phi) is 2.64. The molecule has 0 bridgehead atoms. The molecular formula is C9H12N3O4. The summed E-state index contributed by atoms with van der Waals surface area (Å²) in [6.07, 6.45) is 1.72. The largest absolute Gasteiger partial charge is 0.368 e. The first-order valence-electron chi connectivity index (χ1n) is 4.84. The third-order valence-electron chi connectivity index (χ3n) is 2.26. The molecule has 1 fully saturated rings. The molecule has 1 aliphatic rings. The van der Waals surface area contributed by atoms with Gasteiger partial charge in [0, 0.05) is 0 Å². The summed E-state index contributed by atoms with van der Waals surface area (Å²) in [4.78, 5) is 22.5. The molecule has 1 saturated heterocycles. The number of nitrogens with one attached hydrogen (secondary N) is 1. The molecule has 1 aromatic heterocycles. The van der Waals surface area contributed by atoms with Gasteiger partial charge in [0.25, 0.3) is 0 Å². The molecule has 0 aliphatic carbocycles. The zero-order valence-electron chi connectivity index (χ0n) is 9.02. The van der Waals surface area contributed by atoms with Crippen molar-refractivity contribution in [3.05, 3.63) is 27.0 Å². The van der Waals surface area contributed by atoms with E-state index in [2.05, 4.69) is 11.4 Å². The smallest absolute Gasteiger partial charge is 0.330 e. The van der Waals surface area contributed by atoms with Crippen LogP contribution in [0.3, 0.4) is 0 Å². The Labute approximate surface area is 91.0 Å². The maximum absolute atomic E-state index is 11.4. The van der Waals surface area contributed by atoms with E-state index in [0.717, 1.165) is 4.57 Å². The molecule has 0 saturated carbocycles. The predicted molar refractivity (Wildman–Crippen MR) is 53.0 cm³/mol. The van der Waals surface area contributed by atoms with Crippen molar-refractivity contribution in [2.75, 3.05) is 13.2 Å². The average Bonchev–Trinajstić information content (AvgIpc) is 2.23. The van der Waals surface area contributed by atoms with Crippen LogP contribution < -0.4 is 11.1 Å². The van der Waals surface area contributed by atoms with E-state index in [1.54, 1.807) is 0 Å². The fraction of sp³-hybridized carbons (Fsp3) is 0.667. The van der Waals surface area contributed by atoms with E-state index in [0.29, 0.717) is 6.61 Å². The normalized spacial score (nSPS) is 24.2. The van der Waals surface area contributed by atoms with E-state index >= 15 is 0 Å². The van der Waals surface area contributed by atoms with Gasteiger partial charge in [0.05, 0.1) is 18.8 Å². The van der Waals surface area contributed by atoms with Crippen LogP contribution in [0.2, 0.25) is 0 Å². The van der Waals surface area contributed by atoms with Crippen molar-refractivity contribution in [3.63, 3.8) is 0 Å². The van der Waals surface area contributed by atoms with Gasteiger partial charge in [-0.05, 0) is 13.8 Å². The Morgan fingerprint density at radius 2 is 2.31 bits per heavy atom. The number of hydrogen-bond donors (Lipinski definition) is 1. The summed E-state index contributed by atoms with van der Waals surface area (Å²) in [5.41, 5.74) is -1.93. The number of H-pyrrole nitrogens is 1. The number of hydrogen-bond acceptors (Lipinski definition) is 5. The van der Waals surface area contributed by atoms with Crippen molar-refractivity contribution in [1.82, 2.24) is 14.8 Å². The second-order valence-electron chi connectivity index (χ2n) is 4.16. The molecule has 2 heterocycles. The van der Waals surface area contributed by atoms with Crippen LogP contribution in [0.1, 0.15) is 20.1 Å². The van der Waals surface area contributed by atoms with Gasteiger partial charge >= 0.3 is 11.1 Å². The van der Waals surface area contributed by atoms with Crippen molar-refractivity contribution in [2.24, 2.45) is 0 Å². The molecule has 2 rings (SSSR count). The number of ether oxygens (including phenoxy) is 2. The first-order chi connectivity index (χ1) is 7.49. The van der Waals surface area contributed by atoms with Crippen LogP contribution in [0.5, 0.6) is 0 Å². The summed E-state index contributed by atoms with van der Waals surface area (Å²) < 4.78 is 11.9. The van der Waals surface area contributed by atoms with E-state index in [4.69, 9.17) is 9.47 Å². The fourth-order valence-corrected chi connectivity index (χ4v) is 1.36. The second kappa shape index (κ2) is 3.84. The molecule has 16 heavy (non-hydrogen) atoms. The van der Waals surface area contributed by atoms with Crippen LogP contribution in [-0.2, 0) is 9.47 Å². The Hall–Kier alpha value is -1.47. The first-order valence-corrected chi connectivity index (χ1v) is 4.84. The lowest BCUT2D eigenvalue weighted by Crippen LogP contribution is -2.46. The molecule has 1 atom stereocenters. The quantitative estimate of drug-likeness (QED) is 0.624. The molecular weight excluding hydrogens is 214 g/mol. The highest BCUT2D eigenvalue weighted by atomic mass is 16.6. The molecule has 1 N–H and O–H groups in total. The maximum atomic E-state index is 11.4. The Bertz CT molecular complexity index is 480. The molecule has 7 heteroatoms. The predicted octanol–water partition coefficient (Wildman–Crippen LogP) is -0.944. The zero-order valence-corrected chi connectivity index (χ0v) is 9.02. The number of nitrogens with zero attached hydrogens (tertiary/aromatic N) is 2. The SMILES string of the molecule is CC1(C)COC(n2[c]n[nH]c(=O)c2=O)CO1. The topological polar surface area (TPSA) is 86.2 Å². The maximum Gasteiger partial charge on any atom is 0.330 e. The molecule has 1 aromatic rings. The average molecular weight is 226 g/mol. The molecule has 1 radical (unpaired) electrons. The Balaban J connectivity index is 2.24. The molecule has 0 amide bonds. The standard InChI is InChI=1S/C9H12N3O4/c1-9(2)4-15-6(3-16-9)12-5-10-11-7(13)8(12)14/h6H,3-4H2,1-2H3,(H,11,13). The highest BCUT2D eigenvalue weighted by Crippen LogP contribution is 2.21. The summed E-state index contributed by atoms with van der Waals surface area (Å²) in [6.45, 7) is 4.29. The minimum absolute atomic E-state index is 0.189. The lowest BCUT2D eigenvalue weighted by molar-refractivity contribution is -0.199. The summed E-state index contributed by atoms with van der Waals surface area (Å²) in [6, 6.07) is 0.